The van der Waals surface area contributed by atoms with Gasteiger partial charge in [-0.1, -0.05) is 65.9 Å². The molecule has 6 rings (SSSR count). The third-order valence-electron chi connectivity index (χ3n) is 7.20. The van der Waals surface area contributed by atoms with Gasteiger partial charge in [-0.15, -0.1) is 21.5 Å². The number of hydrazone groups is 1. The number of methoxy groups -OCH3 is 1. The zero-order valence-corrected chi connectivity index (χ0v) is 25.8. The number of carbonyl (C=O) groups is 2. The van der Waals surface area contributed by atoms with Crippen LogP contribution in [0.3, 0.4) is 0 Å². The predicted molar refractivity (Wildman–Crippen MR) is 172 cm³/mol. The fraction of sp³-hybridized carbons (Fsp3) is 0.182. The maximum Gasteiger partial charge on any atom is 0.253 e. The molecule has 5 aromatic rings. The number of hydrogen-bond acceptors (Lipinski definition) is 8. The quantitative estimate of drug-likeness (QED) is 0.191. The van der Waals surface area contributed by atoms with Crippen molar-refractivity contribution in [3.05, 3.63) is 124 Å². The monoisotopic (exact) mass is 622 g/mol. The molecule has 1 atom stereocenters. The number of aryl methyl sites for hydroxylation is 1. The molecule has 1 aliphatic heterocycles. The molecule has 0 radical (unpaired) electrons. The number of rotatable bonds is 10. The lowest BCUT2D eigenvalue weighted by Gasteiger charge is -2.22. The Morgan fingerprint density at radius 1 is 1.00 bits per heavy atom. The molecule has 0 saturated heterocycles. The van der Waals surface area contributed by atoms with Crippen molar-refractivity contribution in [1.82, 2.24) is 25.1 Å². The average Bonchev–Trinajstić information content (AvgIpc) is 3.83. The normalized spacial score (nSPS) is 14.4. The van der Waals surface area contributed by atoms with Gasteiger partial charge in [0.05, 0.1) is 36.0 Å². The summed E-state index contributed by atoms with van der Waals surface area (Å²) < 4.78 is 7.21. The third-order valence-corrected chi connectivity index (χ3v) is 9.03. The maximum atomic E-state index is 13.8. The lowest BCUT2D eigenvalue weighted by atomic mass is 10.0. The van der Waals surface area contributed by atoms with Crippen LogP contribution in [0.4, 0.5) is 0 Å². The highest BCUT2D eigenvalue weighted by Gasteiger charge is 2.33. The molecule has 0 fully saturated rings. The Hall–Kier alpha value is -4.74. The molecule has 11 heteroatoms. The summed E-state index contributed by atoms with van der Waals surface area (Å²) in [6, 6.07) is 28.6. The van der Waals surface area contributed by atoms with Crippen molar-refractivity contribution in [2.45, 2.75) is 31.1 Å². The van der Waals surface area contributed by atoms with Gasteiger partial charge < -0.3 is 10.1 Å². The van der Waals surface area contributed by atoms with Crippen LogP contribution in [0.25, 0.3) is 5.69 Å². The van der Waals surface area contributed by atoms with Crippen LogP contribution >= 0.6 is 23.1 Å². The minimum atomic E-state index is -0.231. The van der Waals surface area contributed by atoms with Gasteiger partial charge in [0.25, 0.3) is 11.8 Å². The van der Waals surface area contributed by atoms with Crippen molar-refractivity contribution in [3.63, 3.8) is 0 Å². The molecule has 0 saturated carbocycles. The molecule has 0 aliphatic carbocycles. The zero-order chi connectivity index (χ0) is 30.5. The highest BCUT2D eigenvalue weighted by atomic mass is 32.2. The van der Waals surface area contributed by atoms with E-state index in [-0.39, 0.29) is 30.2 Å². The number of hydrogen-bond donors (Lipinski definition) is 1. The van der Waals surface area contributed by atoms with E-state index in [9.17, 15) is 9.59 Å². The summed E-state index contributed by atoms with van der Waals surface area (Å²) in [4.78, 5) is 27.6. The molecule has 0 bridgehead atoms. The number of carbonyl (C=O) groups excluding carboxylic acids is 2. The van der Waals surface area contributed by atoms with Crippen molar-refractivity contribution < 1.29 is 14.3 Å². The Morgan fingerprint density at radius 2 is 1.82 bits per heavy atom. The van der Waals surface area contributed by atoms with Gasteiger partial charge >= 0.3 is 0 Å². The number of para-hydroxylation sites is 1. The van der Waals surface area contributed by atoms with Crippen LogP contribution in [-0.2, 0) is 11.3 Å². The lowest BCUT2D eigenvalue weighted by Crippen LogP contribution is -2.28. The fourth-order valence-corrected chi connectivity index (χ4v) is 6.55. The Kier molecular flexibility index (Phi) is 8.85. The summed E-state index contributed by atoms with van der Waals surface area (Å²) in [5.41, 5.74) is 4.29. The molecule has 9 nitrogen and oxygen atoms in total. The summed E-state index contributed by atoms with van der Waals surface area (Å²) in [5.74, 6) is 1.08. The SMILES string of the molecule is COc1ccc([C@@H]2CC(c3cccs3)=NN2C(=O)CSc2nnc(CNC(=O)c3cccc(C)c3)n2-c2ccccc2)cc1. The van der Waals surface area contributed by atoms with Gasteiger partial charge in [0.1, 0.15) is 5.75 Å². The Labute approximate surface area is 263 Å². The Bertz CT molecular complexity index is 1790. The summed E-state index contributed by atoms with van der Waals surface area (Å²) >= 11 is 2.90. The number of ether oxygens (including phenoxy) is 1. The molecule has 0 unspecified atom stereocenters. The largest absolute Gasteiger partial charge is 0.497 e. The van der Waals surface area contributed by atoms with Crippen molar-refractivity contribution >= 4 is 40.6 Å². The Balaban J connectivity index is 1.22. The minimum Gasteiger partial charge on any atom is -0.497 e. The molecule has 222 valence electrons. The molecule has 3 heterocycles. The summed E-state index contributed by atoms with van der Waals surface area (Å²) in [7, 11) is 1.63. The molecule has 1 N–H and O–H groups in total. The van der Waals surface area contributed by atoms with E-state index in [1.54, 1.807) is 29.5 Å². The van der Waals surface area contributed by atoms with E-state index in [2.05, 4.69) is 15.5 Å². The van der Waals surface area contributed by atoms with Crippen LogP contribution in [0.1, 0.15) is 44.6 Å². The second kappa shape index (κ2) is 13.3. The van der Waals surface area contributed by atoms with E-state index < -0.39 is 0 Å². The van der Waals surface area contributed by atoms with E-state index in [1.165, 1.54) is 11.8 Å². The number of aromatic nitrogens is 3. The molecular weight excluding hydrogens is 593 g/mol. The number of benzene rings is 3. The second-order valence-corrected chi connectivity index (χ2v) is 12.1. The highest BCUT2D eigenvalue weighted by molar-refractivity contribution is 7.99. The van der Waals surface area contributed by atoms with Crippen LogP contribution in [0.5, 0.6) is 5.75 Å². The van der Waals surface area contributed by atoms with Crippen LogP contribution in [0, 0.1) is 6.92 Å². The summed E-state index contributed by atoms with van der Waals surface area (Å²) in [6.07, 6.45) is 0.619. The van der Waals surface area contributed by atoms with Gasteiger partial charge in [-0.25, -0.2) is 5.01 Å². The average molecular weight is 623 g/mol. The minimum absolute atomic E-state index is 0.106. The molecule has 3 aromatic carbocycles. The summed E-state index contributed by atoms with van der Waals surface area (Å²) in [6.45, 7) is 2.12. The molecule has 1 aliphatic rings. The molecule has 0 spiro atoms. The smallest absolute Gasteiger partial charge is 0.253 e. The number of thiophene rings is 1. The van der Waals surface area contributed by atoms with Gasteiger partial charge in [-0.05, 0) is 60.3 Å². The van der Waals surface area contributed by atoms with E-state index in [1.807, 2.05) is 102 Å². The lowest BCUT2D eigenvalue weighted by molar-refractivity contribution is -0.130. The first-order valence-corrected chi connectivity index (χ1v) is 15.9. The molecule has 44 heavy (non-hydrogen) atoms. The first-order chi connectivity index (χ1) is 21.5. The van der Waals surface area contributed by atoms with Gasteiger partial charge in [0, 0.05) is 17.7 Å². The Morgan fingerprint density at radius 3 is 2.55 bits per heavy atom. The zero-order valence-electron chi connectivity index (χ0n) is 24.2. The second-order valence-electron chi connectivity index (χ2n) is 10.2. The summed E-state index contributed by atoms with van der Waals surface area (Å²) in [5, 5.41) is 20.7. The first-order valence-electron chi connectivity index (χ1n) is 14.0. The molecule has 2 aromatic heterocycles. The van der Waals surface area contributed by atoms with Crippen molar-refractivity contribution in [2.75, 3.05) is 12.9 Å². The topological polar surface area (TPSA) is 102 Å². The third kappa shape index (κ3) is 6.43. The van der Waals surface area contributed by atoms with Gasteiger partial charge in [0.15, 0.2) is 11.0 Å². The number of amides is 2. The van der Waals surface area contributed by atoms with Crippen LogP contribution in [0.15, 0.2) is 107 Å². The van der Waals surface area contributed by atoms with Crippen molar-refractivity contribution in [1.29, 1.82) is 0 Å². The molecular formula is C33H30N6O3S2. The number of nitrogens with one attached hydrogen (secondary N) is 1. The predicted octanol–water partition coefficient (Wildman–Crippen LogP) is 6.05. The van der Waals surface area contributed by atoms with Gasteiger partial charge in [-0.2, -0.15) is 5.10 Å². The van der Waals surface area contributed by atoms with Crippen molar-refractivity contribution in [3.8, 4) is 11.4 Å². The van der Waals surface area contributed by atoms with E-state index in [0.717, 1.165) is 33.2 Å². The van der Waals surface area contributed by atoms with Crippen LogP contribution < -0.4 is 10.1 Å². The fourth-order valence-electron chi connectivity index (χ4n) is 5.00. The molecule has 2 amide bonds. The van der Waals surface area contributed by atoms with E-state index in [4.69, 9.17) is 9.84 Å². The van der Waals surface area contributed by atoms with Crippen molar-refractivity contribution in [2.24, 2.45) is 5.10 Å². The first kappa shape index (κ1) is 29.3. The van der Waals surface area contributed by atoms with Crippen LogP contribution in [-0.4, -0.2) is 50.2 Å². The van der Waals surface area contributed by atoms with Crippen LogP contribution in [0.2, 0.25) is 0 Å². The number of nitrogens with zero attached hydrogens (tertiary/aromatic N) is 5. The number of thioether (sulfide) groups is 1. The van der Waals surface area contributed by atoms with E-state index in [0.29, 0.717) is 23.0 Å². The highest BCUT2D eigenvalue weighted by Crippen LogP contribution is 2.35. The van der Waals surface area contributed by atoms with E-state index >= 15 is 0 Å². The maximum absolute atomic E-state index is 13.8. The van der Waals surface area contributed by atoms with Gasteiger partial charge in [0.2, 0.25) is 0 Å². The standard InChI is InChI=1S/C33H30N6O3S2/c1-22-8-6-9-24(18-22)32(41)34-20-30-35-36-33(38(30)25-10-4-3-5-11-25)44-21-31(40)39-28(23-13-15-26(42-2)16-14-23)19-27(37-39)29-12-7-17-43-29/h3-18,28H,19-21H2,1-2H3,(H,34,41)/t28-/m0/s1. The van der Waals surface area contributed by atoms with Gasteiger partial charge in [-0.3, -0.25) is 14.2 Å².